The molecule has 1 heterocycles. The van der Waals surface area contributed by atoms with Crippen LogP contribution in [0.3, 0.4) is 0 Å². The summed E-state index contributed by atoms with van der Waals surface area (Å²) in [4.78, 5) is 3.35. The van der Waals surface area contributed by atoms with Crippen molar-refractivity contribution in [1.82, 2.24) is 10.3 Å². The number of fused-ring (bicyclic) bond motifs is 2. The van der Waals surface area contributed by atoms with Gasteiger partial charge in [0.25, 0.3) is 0 Å². The molecule has 2 saturated carbocycles. The number of rotatable bonds is 4. The van der Waals surface area contributed by atoms with Gasteiger partial charge in [-0.15, -0.1) is 0 Å². The van der Waals surface area contributed by atoms with Crippen LogP contribution in [0.25, 0.3) is 10.9 Å². The zero-order chi connectivity index (χ0) is 15.7. The van der Waals surface area contributed by atoms with Gasteiger partial charge in [0.05, 0.1) is 5.60 Å². The standard InChI is InChI=1S/C20H28N2O/c23-20-12-4-3-6-16(20)7-5-10-19(20)21-13-11-15-14-22-18-9-2-1-8-17(15)18/h1-2,8-9,14,16,19,21-23H,3-7,10-13H2/t16-,19-,20+/m1/s1. The van der Waals surface area contributed by atoms with E-state index in [0.717, 1.165) is 25.8 Å². The van der Waals surface area contributed by atoms with Crippen molar-refractivity contribution in [3.05, 3.63) is 36.0 Å². The number of hydrogen-bond donors (Lipinski definition) is 3. The summed E-state index contributed by atoms with van der Waals surface area (Å²) in [5.74, 6) is 0.524. The summed E-state index contributed by atoms with van der Waals surface area (Å²) in [6, 6.07) is 8.77. The highest BCUT2D eigenvalue weighted by Crippen LogP contribution is 2.43. The monoisotopic (exact) mass is 312 g/mol. The van der Waals surface area contributed by atoms with Gasteiger partial charge in [0.15, 0.2) is 0 Å². The lowest BCUT2D eigenvalue weighted by atomic mass is 9.65. The minimum Gasteiger partial charge on any atom is -0.388 e. The molecule has 2 aliphatic carbocycles. The number of para-hydroxylation sites is 1. The van der Waals surface area contributed by atoms with Gasteiger partial charge in [-0.3, -0.25) is 0 Å². The SMILES string of the molecule is O[C@@]12CCCC[C@@H]1CCC[C@H]2NCCc1c[nH]c2ccccc12. The van der Waals surface area contributed by atoms with Crippen molar-refractivity contribution in [2.45, 2.75) is 63.0 Å². The fraction of sp³-hybridized carbons (Fsp3) is 0.600. The third-order valence-electron chi connectivity index (χ3n) is 6.20. The van der Waals surface area contributed by atoms with Gasteiger partial charge in [0, 0.05) is 23.1 Å². The van der Waals surface area contributed by atoms with Crippen LogP contribution in [0.15, 0.2) is 30.5 Å². The minimum absolute atomic E-state index is 0.284. The van der Waals surface area contributed by atoms with Gasteiger partial charge in [0.1, 0.15) is 0 Å². The van der Waals surface area contributed by atoms with Gasteiger partial charge in [-0.05, 0) is 56.2 Å². The molecule has 3 N–H and O–H groups in total. The highest BCUT2D eigenvalue weighted by Gasteiger charge is 2.46. The molecule has 0 unspecified atom stereocenters. The van der Waals surface area contributed by atoms with E-state index in [1.807, 2.05) is 0 Å². The van der Waals surface area contributed by atoms with E-state index in [2.05, 4.69) is 40.8 Å². The van der Waals surface area contributed by atoms with Gasteiger partial charge in [0.2, 0.25) is 0 Å². The molecule has 0 bridgehead atoms. The number of H-pyrrole nitrogens is 1. The molecule has 0 amide bonds. The summed E-state index contributed by atoms with van der Waals surface area (Å²) in [6.45, 7) is 0.946. The topological polar surface area (TPSA) is 48.0 Å². The molecule has 3 nitrogen and oxygen atoms in total. The van der Waals surface area contributed by atoms with Crippen LogP contribution < -0.4 is 5.32 Å². The molecule has 23 heavy (non-hydrogen) atoms. The van der Waals surface area contributed by atoms with Crippen molar-refractivity contribution in [3.63, 3.8) is 0 Å². The summed E-state index contributed by atoms with van der Waals surface area (Å²) in [5, 5.41) is 16.2. The number of aromatic nitrogens is 1. The smallest absolute Gasteiger partial charge is 0.0827 e. The Labute approximate surface area is 138 Å². The molecule has 124 valence electrons. The molecule has 2 aromatic rings. The zero-order valence-corrected chi connectivity index (χ0v) is 13.9. The van der Waals surface area contributed by atoms with E-state index in [1.54, 1.807) is 0 Å². The molecule has 2 fully saturated rings. The van der Waals surface area contributed by atoms with E-state index in [4.69, 9.17) is 0 Å². The van der Waals surface area contributed by atoms with E-state index in [1.165, 1.54) is 48.6 Å². The lowest BCUT2D eigenvalue weighted by Gasteiger charge is -2.49. The van der Waals surface area contributed by atoms with Crippen LogP contribution in [0, 0.1) is 5.92 Å². The van der Waals surface area contributed by atoms with Crippen LogP contribution in [-0.4, -0.2) is 28.3 Å². The predicted octanol–water partition coefficient (Wildman–Crippen LogP) is 3.77. The Morgan fingerprint density at radius 2 is 2.00 bits per heavy atom. The number of hydrogen-bond acceptors (Lipinski definition) is 2. The molecule has 0 aliphatic heterocycles. The summed E-state index contributed by atoms with van der Waals surface area (Å²) in [7, 11) is 0. The quantitative estimate of drug-likeness (QED) is 0.805. The Kier molecular flexibility index (Phi) is 4.16. The first kappa shape index (κ1) is 15.2. The highest BCUT2D eigenvalue weighted by molar-refractivity contribution is 5.83. The number of aromatic amines is 1. The third kappa shape index (κ3) is 2.81. The number of aliphatic hydroxyl groups is 1. The molecule has 0 spiro atoms. The van der Waals surface area contributed by atoms with Gasteiger partial charge >= 0.3 is 0 Å². The van der Waals surface area contributed by atoms with Gasteiger partial charge < -0.3 is 15.4 Å². The normalized spacial score (nSPS) is 31.2. The zero-order valence-electron chi connectivity index (χ0n) is 13.9. The largest absolute Gasteiger partial charge is 0.388 e. The first-order valence-corrected chi connectivity index (χ1v) is 9.28. The molecule has 1 aromatic heterocycles. The molecule has 4 rings (SSSR count). The second-order valence-corrected chi connectivity index (χ2v) is 7.48. The lowest BCUT2D eigenvalue weighted by Crippen LogP contribution is -2.59. The van der Waals surface area contributed by atoms with Gasteiger partial charge in [-0.2, -0.15) is 0 Å². The Hall–Kier alpha value is -1.32. The van der Waals surface area contributed by atoms with Crippen molar-refractivity contribution < 1.29 is 5.11 Å². The fourth-order valence-electron chi connectivity index (χ4n) is 4.92. The van der Waals surface area contributed by atoms with Crippen LogP contribution >= 0.6 is 0 Å². The second kappa shape index (κ2) is 6.29. The van der Waals surface area contributed by atoms with Crippen molar-refractivity contribution in [1.29, 1.82) is 0 Å². The van der Waals surface area contributed by atoms with Crippen LogP contribution in [0.2, 0.25) is 0 Å². The van der Waals surface area contributed by atoms with E-state index in [-0.39, 0.29) is 6.04 Å². The van der Waals surface area contributed by atoms with Gasteiger partial charge in [-0.25, -0.2) is 0 Å². The first-order valence-electron chi connectivity index (χ1n) is 9.28. The highest BCUT2D eigenvalue weighted by atomic mass is 16.3. The summed E-state index contributed by atoms with van der Waals surface area (Å²) in [6.07, 6.45) is 11.4. The first-order chi connectivity index (χ1) is 11.3. The van der Waals surface area contributed by atoms with Crippen LogP contribution in [0.1, 0.15) is 50.5 Å². The van der Waals surface area contributed by atoms with E-state index in [9.17, 15) is 5.11 Å². The minimum atomic E-state index is -0.448. The fourth-order valence-corrected chi connectivity index (χ4v) is 4.92. The van der Waals surface area contributed by atoms with Gasteiger partial charge in [-0.1, -0.05) is 37.5 Å². The Morgan fingerprint density at radius 3 is 2.96 bits per heavy atom. The molecule has 1 aromatic carbocycles. The molecular weight excluding hydrogens is 284 g/mol. The van der Waals surface area contributed by atoms with Crippen molar-refractivity contribution in [3.8, 4) is 0 Å². The Morgan fingerprint density at radius 1 is 1.13 bits per heavy atom. The van der Waals surface area contributed by atoms with Crippen LogP contribution in [-0.2, 0) is 6.42 Å². The average molecular weight is 312 g/mol. The molecule has 3 heteroatoms. The van der Waals surface area contributed by atoms with E-state index < -0.39 is 5.60 Å². The number of nitrogens with one attached hydrogen (secondary N) is 2. The van der Waals surface area contributed by atoms with E-state index >= 15 is 0 Å². The Balaban J connectivity index is 1.40. The van der Waals surface area contributed by atoms with E-state index in [0.29, 0.717) is 5.92 Å². The van der Waals surface area contributed by atoms with Crippen LogP contribution in [0.4, 0.5) is 0 Å². The van der Waals surface area contributed by atoms with Crippen LogP contribution in [0.5, 0.6) is 0 Å². The lowest BCUT2D eigenvalue weighted by molar-refractivity contribution is -0.0983. The summed E-state index contributed by atoms with van der Waals surface area (Å²) in [5.41, 5.74) is 2.14. The maximum atomic E-state index is 11.2. The molecule has 2 aliphatic rings. The number of benzene rings is 1. The second-order valence-electron chi connectivity index (χ2n) is 7.48. The third-order valence-corrected chi connectivity index (χ3v) is 6.20. The maximum absolute atomic E-state index is 11.2. The molecule has 0 radical (unpaired) electrons. The molecule has 0 saturated heterocycles. The van der Waals surface area contributed by atoms with Crippen molar-refractivity contribution in [2.24, 2.45) is 5.92 Å². The summed E-state index contributed by atoms with van der Waals surface area (Å²) < 4.78 is 0. The van der Waals surface area contributed by atoms with Crippen molar-refractivity contribution in [2.75, 3.05) is 6.54 Å². The summed E-state index contributed by atoms with van der Waals surface area (Å²) >= 11 is 0. The molecular formula is C20H28N2O. The Bertz CT molecular complexity index is 662. The predicted molar refractivity (Wildman–Crippen MR) is 94.6 cm³/mol. The van der Waals surface area contributed by atoms with Crippen molar-refractivity contribution >= 4 is 10.9 Å². The average Bonchev–Trinajstić information content (AvgIpc) is 2.98. The maximum Gasteiger partial charge on any atom is 0.0827 e. The molecule has 3 atom stereocenters.